The van der Waals surface area contributed by atoms with Crippen LogP contribution in [-0.2, 0) is 4.74 Å². The minimum atomic E-state index is 0.251. The lowest BCUT2D eigenvalue weighted by atomic mass is 9.92. The average molecular weight is 240 g/mol. The fourth-order valence-electron chi connectivity index (χ4n) is 3.34. The summed E-state index contributed by atoms with van der Waals surface area (Å²) in [6.45, 7) is 18.0. The minimum absolute atomic E-state index is 0.251. The van der Waals surface area contributed by atoms with E-state index in [1.807, 2.05) is 0 Å². The summed E-state index contributed by atoms with van der Waals surface area (Å²) in [7, 11) is 0. The molecule has 2 heterocycles. The van der Waals surface area contributed by atoms with E-state index in [4.69, 9.17) is 4.74 Å². The van der Waals surface area contributed by atoms with Gasteiger partial charge in [-0.15, -0.1) is 0 Å². The summed E-state index contributed by atoms with van der Waals surface area (Å²) in [6, 6.07) is 1.14. The molecule has 2 atom stereocenters. The van der Waals surface area contributed by atoms with Gasteiger partial charge in [0.25, 0.3) is 0 Å². The normalized spacial score (nSPS) is 32.8. The molecule has 2 rings (SSSR count). The molecule has 3 nitrogen and oxygen atoms in total. The average Bonchev–Trinajstić information content (AvgIpc) is 2.60. The van der Waals surface area contributed by atoms with E-state index in [0.29, 0.717) is 12.1 Å². The molecule has 0 aromatic heterocycles. The summed E-state index contributed by atoms with van der Waals surface area (Å²) < 4.78 is 5.76. The van der Waals surface area contributed by atoms with Crippen molar-refractivity contribution in [2.75, 3.05) is 26.3 Å². The fraction of sp³-hybridized carbons (Fsp3) is 1.00. The van der Waals surface area contributed by atoms with Gasteiger partial charge in [-0.05, 0) is 41.5 Å². The predicted molar refractivity (Wildman–Crippen MR) is 71.3 cm³/mol. The highest BCUT2D eigenvalue weighted by Crippen LogP contribution is 2.32. The molecule has 2 fully saturated rings. The molecule has 0 aromatic rings. The first-order chi connectivity index (χ1) is 7.71. The third-order valence-corrected chi connectivity index (χ3v) is 4.13. The highest BCUT2D eigenvalue weighted by Gasteiger charge is 2.46. The van der Waals surface area contributed by atoms with Gasteiger partial charge < -0.3 is 4.74 Å². The van der Waals surface area contributed by atoms with Crippen LogP contribution in [0.25, 0.3) is 0 Å². The van der Waals surface area contributed by atoms with Crippen LogP contribution < -0.4 is 0 Å². The second-order valence-corrected chi connectivity index (χ2v) is 7.40. The predicted octanol–water partition coefficient (Wildman–Crippen LogP) is 1.97. The van der Waals surface area contributed by atoms with Crippen LogP contribution in [0.4, 0.5) is 0 Å². The highest BCUT2D eigenvalue weighted by molar-refractivity contribution is 5.01. The second kappa shape index (κ2) is 4.22. The van der Waals surface area contributed by atoms with E-state index in [9.17, 15) is 0 Å². The van der Waals surface area contributed by atoms with Crippen LogP contribution in [0.15, 0.2) is 0 Å². The first-order valence-corrected chi connectivity index (χ1v) is 6.82. The monoisotopic (exact) mass is 240 g/mol. The van der Waals surface area contributed by atoms with Crippen molar-refractivity contribution in [1.29, 1.82) is 0 Å². The molecule has 0 N–H and O–H groups in total. The zero-order valence-electron chi connectivity index (χ0n) is 12.3. The van der Waals surface area contributed by atoms with E-state index in [1.165, 1.54) is 0 Å². The SMILES string of the molecule is CC(C)(C)N1CCN(C(C)(C)C)C2COCC21. The Kier molecular flexibility index (Phi) is 3.30. The molecule has 17 heavy (non-hydrogen) atoms. The van der Waals surface area contributed by atoms with Crippen molar-refractivity contribution in [3.63, 3.8) is 0 Å². The number of hydrogen-bond donors (Lipinski definition) is 0. The molecule has 2 unspecified atom stereocenters. The van der Waals surface area contributed by atoms with Gasteiger partial charge in [0.1, 0.15) is 0 Å². The lowest BCUT2D eigenvalue weighted by Crippen LogP contribution is -2.67. The summed E-state index contributed by atoms with van der Waals surface area (Å²) in [5, 5.41) is 0. The Morgan fingerprint density at radius 1 is 0.765 bits per heavy atom. The first kappa shape index (κ1) is 13.3. The van der Waals surface area contributed by atoms with Gasteiger partial charge in [-0.3, -0.25) is 9.80 Å². The smallest absolute Gasteiger partial charge is 0.0639 e. The van der Waals surface area contributed by atoms with E-state index in [1.54, 1.807) is 0 Å². The number of fused-ring (bicyclic) bond motifs is 1. The van der Waals surface area contributed by atoms with Gasteiger partial charge in [0, 0.05) is 24.2 Å². The maximum Gasteiger partial charge on any atom is 0.0639 e. The maximum atomic E-state index is 5.76. The Bertz CT molecular complexity index is 249. The highest BCUT2D eigenvalue weighted by atomic mass is 16.5. The van der Waals surface area contributed by atoms with Crippen molar-refractivity contribution in [2.24, 2.45) is 0 Å². The van der Waals surface area contributed by atoms with Crippen molar-refractivity contribution >= 4 is 0 Å². The minimum Gasteiger partial charge on any atom is -0.378 e. The molecule has 0 spiro atoms. The molecular formula is C14H28N2O. The van der Waals surface area contributed by atoms with E-state index in [-0.39, 0.29) is 11.1 Å². The Hall–Kier alpha value is -0.120. The van der Waals surface area contributed by atoms with Crippen LogP contribution in [0, 0.1) is 0 Å². The van der Waals surface area contributed by atoms with Crippen molar-refractivity contribution in [2.45, 2.75) is 64.7 Å². The van der Waals surface area contributed by atoms with Gasteiger partial charge in [-0.1, -0.05) is 0 Å². The van der Waals surface area contributed by atoms with Crippen LogP contribution in [0.3, 0.4) is 0 Å². The summed E-state index contributed by atoms with van der Waals surface area (Å²) in [4.78, 5) is 5.26. The van der Waals surface area contributed by atoms with Gasteiger partial charge in [0.2, 0.25) is 0 Å². The zero-order valence-corrected chi connectivity index (χ0v) is 12.3. The number of ether oxygens (including phenoxy) is 1. The molecule has 0 radical (unpaired) electrons. The maximum absolute atomic E-state index is 5.76. The molecular weight excluding hydrogens is 212 g/mol. The zero-order chi connectivity index (χ0) is 12.8. The number of piperazine rings is 1. The molecule has 0 saturated carbocycles. The Labute approximate surface area is 106 Å². The third-order valence-electron chi connectivity index (χ3n) is 4.13. The molecule has 100 valence electrons. The lowest BCUT2D eigenvalue weighted by Gasteiger charge is -2.53. The molecule has 2 aliphatic rings. The molecule has 2 saturated heterocycles. The lowest BCUT2D eigenvalue weighted by molar-refractivity contribution is -0.0447. The van der Waals surface area contributed by atoms with E-state index >= 15 is 0 Å². The molecule has 0 bridgehead atoms. The largest absolute Gasteiger partial charge is 0.378 e. The van der Waals surface area contributed by atoms with Crippen molar-refractivity contribution in [1.82, 2.24) is 9.80 Å². The van der Waals surface area contributed by atoms with Crippen molar-refractivity contribution in [3.05, 3.63) is 0 Å². The van der Waals surface area contributed by atoms with Crippen molar-refractivity contribution < 1.29 is 4.74 Å². The van der Waals surface area contributed by atoms with E-state index in [2.05, 4.69) is 51.3 Å². The molecule has 3 heteroatoms. The van der Waals surface area contributed by atoms with E-state index in [0.717, 1.165) is 26.3 Å². The molecule has 0 amide bonds. The van der Waals surface area contributed by atoms with Crippen LogP contribution in [0.2, 0.25) is 0 Å². The second-order valence-electron chi connectivity index (χ2n) is 7.40. The Balaban J connectivity index is 2.18. The number of rotatable bonds is 0. The van der Waals surface area contributed by atoms with Gasteiger partial charge in [-0.2, -0.15) is 0 Å². The van der Waals surface area contributed by atoms with Crippen molar-refractivity contribution in [3.8, 4) is 0 Å². The molecule has 2 aliphatic heterocycles. The van der Waals surface area contributed by atoms with Crippen LogP contribution in [0.1, 0.15) is 41.5 Å². The number of nitrogens with zero attached hydrogens (tertiary/aromatic N) is 2. The van der Waals surface area contributed by atoms with Crippen LogP contribution in [0.5, 0.6) is 0 Å². The topological polar surface area (TPSA) is 15.7 Å². The number of hydrogen-bond acceptors (Lipinski definition) is 3. The molecule has 0 aromatic carbocycles. The van der Waals surface area contributed by atoms with E-state index < -0.39 is 0 Å². The Morgan fingerprint density at radius 3 is 1.41 bits per heavy atom. The first-order valence-electron chi connectivity index (χ1n) is 6.82. The van der Waals surface area contributed by atoms with Gasteiger partial charge in [-0.25, -0.2) is 0 Å². The standard InChI is InChI=1S/C14H28N2O/c1-13(2,3)15-7-8-16(14(4,5)6)12-10-17-9-11(12)15/h11-12H,7-10H2,1-6H3. The van der Waals surface area contributed by atoms with Gasteiger partial charge in [0.15, 0.2) is 0 Å². The quantitative estimate of drug-likeness (QED) is 0.644. The fourth-order valence-corrected chi connectivity index (χ4v) is 3.34. The summed E-state index contributed by atoms with van der Waals surface area (Å²) in [5.74, 6) is 0. The summed E-state index contributed by atoms with van der Waals surface area (Å²) in [6.07, 6.45) is 0. The van der Waals surface area contributed by atoms with Crippen LogP contribution >= 0.6 is 0 Å². The summed E-state index contributed by atoms with van der Waals surface area (Å²) >= 11 is 0. The molecule has 0 aliphatic carbocycles. The Morgan fingerprint density at radius 2 is 1.12 bits per heavy atom. The summed E-state index contributed by atoms with van der Waals surface area (Å²) in [5.41, 5.74) is 0.501. The van der Waals surface area contributed by atoms with Gasteiger partial charge >= 0.3 is 0 Å². The third kappa shape index (κ3) is 2.51. The van der Waals surface area contributed by atoms with Gasteiger partial charge in [0.05, 0.1) is 25.3 Å². The van der Waals surface area contributed by atoms with Crippen LogP contribution in [-0.4, -0.2) is 59.3 Å².